The quantitative estimate of drug-likeness (QED) is 0.607. The summed E-state index contributed by atoms with van der Waals surface area (Å²) in [6.07, 6.45) is 8.76. The van der Waals surface area contributed by atoms with E-state index in [0.717, 1.165) is 6.29 Å². The summed E-state index contributed by atoms with van der Waals surface area (Å²) in [6.45, 7) is 2.03. The minimum Gasteiger partial charge on any atom is -0.298 e. The summed E-state index contributed by atoms with van der Waals surface area (Å²) in [7, 11) is 0. The lowest BCUT2D eigenvalue weighted by atomic mass is 9.89. The molecule has 2 rings (SSSR count). The van der Waals surface area contributed by atoms with Crippen LogP contribution in [0.4, 0.5) is 0 Å². The molecule has 0 radical (unpaired) electrons. The highest BCUT2D eigenvalue weighted by atomic mass is 35.5. The molecule has 0 aromatic heterocycles. The zero-order chi connectivity index (χ0) is 10.1. The Kier molecular flexibility index (Phi) is 2.38. The number of halogens is 1. The lowest BCUT2D eigenvalue weighted by Gasteiger charge is -2.23. The minimum absolute atomic E-state index is 0.0647. The van der Waals surface area contributed by atoms with Crippen molar-refractivity contribution in [2.75, 3.05) is 0 Å². The standard InChI is InChI=1S/C11H10ClNO/c1-7-2-3-10-8(4-7)5-9(6-14)11(12)13-10/h2-6,8,10H,1H3/t8-,10+/m0/s1. The van der Waals surface area contributed by atoms with E-state index in [0.29, 0.717) is 10.7 Å². The SMILES string of the molecule is CC1=C[C@H]2C=C(C=O)C(Cl)=N[C@@H]2C=C1. The van der Waals surface area contributed by atoms with E-state index in [2.05, 4.69) is 11.1 Å². The van der Waals surface area contributed by atoms with Gasteiger partial charge in [0.1, 0.15) is 5.17 Å². The number of rotatable bonds is 1. The molecule has 72 valence electrons. The van der Waals surface area contributed by atoms with Gasteiger partial charge in [-0.05, 0) is 6.92 Å². The van der Waals surface area contributed by atoms with Crippen LogP contribution in [0.3, 0.4) is 0 Å². The molecule has 0 unspecified atom stereocenters. The van der Waals surface area contributed by atoms with Crippen LogP contribution < -0.4 is 0 Å². The van der Waals surface area contributed by atoms with Gasteiger partial charge in [0, 0.05) is 11.5 Å². The average molecular weight is 208 g/mol. The van der Waals surface area contributed by atoms with Crippen molar-refractivity contribution in [1.82, 2.24) is 0 Å². The molecule has 2 aliphatic rings. The summed E-state index contributed by atoms with van der Waals surface area (Å²) in [5.74, 6) is 0.183. The number of hydrogen-bond acceptors (Lipinski definition) is 2. The monoisotopic (exact) mass is 207 g/mol. The molecule has 1 heterocycles. The Balaban J connectivity index is 2.36. The highest BCUT2D eigenvalue weighted by Gasteiger charge is 2.23. The van der Waals surface area contributed by atoms with Gasteiger partial charge in [-0.15, -0.1) is 0 Å². The highest BCUT2D eigenvalue weighted by molar-refractivity contribution is 6.71. The highest BCUT2D eigenvalue weighted by Crippen LogP contribution is 2.27. The molecule has 0 saturated carbocycles. The first-order valence-electron chi connectivity index (χ1n) is 4.48. The van der Waals surface area contributed by atoms with Crippen LogP contribution in [0.2, 0.25) is 0 Å². The van der Waals surface area contributed by atoms with Crippen LogP contribution in [0.5, 0.6) is 0 Å². The van der Waals surface area contributed by atoms with E-state index in [4.69, 9.17) is 11.6 Å². The molecular formula is C11H10ClNO. The van der Waals surface area contributed by atoms with Gasteiger partial charge in [0.2, 0.25) is 0 Å². The van der Waals surface area contributed by atoms with Crippen LogP contribution in [0.1, 0.15) is 6.92 Å². The van der Waals surface area contributed by atoms with Gasteiger partial charge in [-0.3, -0.25) is 9.79 Å². The molecule has 0 N–H and O–H groups in total. The maximum Gasteiger partial charge on any atom is 0.152 e. The lowest BCUT2D eigenvalue weighted by Crippen LogP contribution is -2.22. The van der Waals surface area contributed by atoms with Gasteiger partial charge in [0.25, 0.3) is 0 Å². The molecule has 2 nitrogen and oxygen atoms in total. The van der Waals surface area contributed by atoms with E-state index >= 15 is 0 Å². The van der Waals surface area contributed by atoms with E-state index < -0.39 is 0 Å². The Morgan fingerprint density at radius 1 is 1.50 bits per heavy atom. The molecule has 0 fully saturated rings. The average Bonchev–Trinajstić information content (AvgIpc) is 2.17. The summed E-state index contributed by atoms with van der Waals surface area (Å²) in [6, 6.07) is 0.0647. The van der Waals surface area contributed by atoms with E-state index in [-0.39, 0.29) is 12.0 Å². The topological polar surface area (TPSA) is 29.4 Å². The molecule has 0 bridgehead atoms. The normalized spacial score (nSPS) is 30.0. The van der Waals surface area contributed by atoms with Crippen LogP contribution in [0.25, 0.3) is 0 Å². The summed E-state index contributed by atoms with van der Waals surface area (Å²) >= 11 is 5.83. The van der Waals surface area contributed by atoms with Gasteiger partial charge in [-0.25, -0.2) is 0 Å². The van der Waals surface area contributed by atoms with Gasteiger partial charge >= 0.3 is 0 Å². The zero-order valence-corrected chi connectivity index (χ0v) is 8.53. The number of carbonyl (C=O) groups is 1. The summed E-state index contributed by atoms with van der Waals surface area (Å²) < 4.78 is 0. The van der Waals surface area contributed by atoms with Crippen LogP contribution >= 0.6 is 11.6 Å². The molecule has 0 saturated heterocycles. The second kappa shape index (κ2) is 3.54. The van der Waals surface area contributed by atoms with Crippen LogP contribution in [0.15, 0.2) is 40.4 Å². The third-order valence-corrected chi connectivity index (χ3v) is 2.72. The number of allylic oxidation sites excluding steroid dienone is 3. The van der Waals surface area contributed by atoms with Crippen molar-refractivity contribution in [2.24, 2.45) is 10.9 Å². The Morgan fingerprint density at radius 2 is 2.29 bits per heavy atom. The first kappa shape index (κ1) is 9.41. The first-order chi connectivity index (χ1) is 6.70. The van der Waals surface area contributed by atoms with E-state index in [1.807, 2.05) is 25.2 Å². The lowest BCUT2D eigenvalue weighted by molar-refractivity contribution is -0.104. The van der Waals surface area contributed by atoms with E-state index in [1.54, 1.807) is 0 Å². The number of aliphatic imine (C=N–C) groups is 1. The van der Waals surface area contributed by atoms with Gasteiger partial charge in [-0.1, -0.05) is 41.5 Å². The van der Waals surface area contributed by atoms with Crippen molar-refractivity contribution in [3.63, 3.8) is 0 Å². The number of hydrogen-bond donors (Lipinski definition) is 0. The van der Waals surface area contributed by atoms with Gasteiger partial charge < -0.3 is 0 Å². The minimum atomic E-state index is 0.0647. The van der Waals surface area contributed by atoms with Crippen molar-refractivity contribution in [3.05, 3.63) is 35.5 Å². The van der Waals surface area contributed by atoms with E-state index in [9.17, 15) is 4.79 Å². The predicted octanol–water partition coefficient (Wildman–Crippen LogP) is 2.26. The molecule has 0 aromatic carbocycles. The predicted molar refractivity (Wildman–Crippen MR) is 57.6 cm³/mol. The molecule has 0 amide bonds. The smallest absolute Gasteiger partial charge is 0.152 e. The zero-order valence-electron chi connectivity index (χ0n) is 7.77. The van der Waals surface area contributed by atoms with Crippen molar-refractivity contribution in [3.8, 4) is 0 Å². The van der Waals surface area contributed by atoms with Crippen molar-refractivity contribution >= 4 is 23.1 Å². The van der Waals surface area contributed by atoms with Crippen molar-refractivity contribution in [1.29, 1.82) is 0 Å². The van der Waals surface area contributed by atoms with Crippen molar-refractivity contribution in [2.45, 2.75) is 13.0 Å². The number of carbonyl (C=O) groups excluding carboxylic acids is 1. The van der Waals surface area contributed by atoms with Gasteiger partial charge in [0.05, 0.1) is 6.04 Å². The first-order valence-corrected chi connectivity index (χ1v) is 4.86. The molecular weight excluding hydrogens is 198 g/mol. The third-order valence-electron chi connectivity index (χ3n) is 2.41. The van der Waals surface area contributed by atoms with Crippen LogP contribution in [0, 0.1) is 5.92 Å². The Hall–Kier alpha value is -1.15. The Bertz CT molecular complexity index is 390. The molecule has 1 aliphatic carbocycles. The molecule has 3 heteroatoms. The fraction of sp³-hybridized carbons (Fsp3) is 0.273. The van der Waals surface area contributed by atoms with Crippen LogP contribution in [-0.2, 0) is 4.79 Å². The number of aldehydes is 1. The summed E-state index contributed by atoms with van der Waals surface area (Å²) in [5, 5.41) is 0.318. The van der Waals surface area contributed by atoms with E-state index in [1.165, 1.54) is 5.57 Å². The summed E-state index contributed by atoms with van der Waals surface area (Å²) in [5.41, 5.74) is 1.69. The molecule has 1 aliphatic heterocycles. The molecule has 14 heavy (non-hydrogen) atoms. The maximum atomic E-state index is 10.7. The Morgan fingerprint density at radius 3 is 3.00 bits per heavy atom. The molecule has 2 atom stereocenters. The number of fused-ring (bicyclic) bond motifs is 1. The second-order valence-corrected chi connectivity index (χ2v) is 3.86. The third kappa shape index (κ3) is 1.58. The molecule has 0 aromatic rings. The van der Waals surface area contributed by atoms with Gasteiger partial charge in [-0.2, -0.15) is 0 Å². The maximum absolute atomic E-state index is 10.7. The number of dihydropyridines is 1. The van der Waals surface area contributed by atoms with Crippen molar-refractivity contribution < 1.29 is 4.79 Å². The second-order valence-electron chi connectivity index (χ2n) is 3.50. The Labute approximate surface area is 87.7 Å². The van der Waals surface area contributed by atoms with Gasteiger partial charge in [0.15, 0.2) is 6.29 Å². The largest absolute Gasteiger partial charge is 0.298 e. The fourth-order valence-electron chi connectivity index (χ4n) is 1.68. The fourth-order valence-corrected chi connectivity index (χ4v) is 1.90. The van der Waals surface area contributed by atoms with Crippen LogP contribution in [-0.4, -0.2) is 17.5 Å². The number of nitrogens with zero attached hydrogens (tertiary/aromatic N) is 1. The summed E-state index contributed by atoms with van der Waals surface area (Å²) in [4.78, 5) is 14.9. The molecule has 0 spiro atoms.